The molecule has 3 fully saturated rings. The van der Waals surface area contributed by atoms with Gasteiger partial charge in [-0.1, -0.05) is 37.5 Å². The molecule has 2 amide bonds. The largest absolute Gasteiger partial charge is 0.369 e. The molecule has 1 aromatic rings. The maximum absolute atomic E-state index is 13.3. The molecule has 2 saturated heterocycles. The number of benzene rings is 1. The van der Waals surface area contributed by atoms with Crippen LogP contribution < -0.4 is 10.4 Å². The fourth-order valence-electron chi connectivity index (χ4n) is 5.46. The maximum Gasteiger partial charge on any atom is 0.267 e. The number of carbonyl (C=O) groups excluding carboxylic acids is 2. The molecule has 1 spiro atoms. The lowest BCUT2D eigenvalue weighted by Gasteiger charge is -2.38. The molecule has 3 aliphatic rings. The van der Waals surface area contributed by atoms with Gasteiger partial charge in [0.25, 0.3) is 5.91 Å². The average Bonchev–Trinajstić information content (AvgIpc) is 3.39. The average molecular weight is 398 g/mol. The number of likely N-dealkylation sites (tertiary alicyclic amines) is 1. The lowest BCUT2D eigenvalue weighted by Crippen LogP contribution is -2.51. The van der Waals surface area contributed by atoms with E-state index in [2.05, 4.69) is 15.9 Å². The van der Waals surface area contributed by atoms with Crippen molar-refractivity contribution in [1.29, 1.82) is 0 Å². The third-order valence-corrected chi connectivity index (χ3v) is 6.95. The lowest BCUT2D eigenvalue weighted by atomic mass is 9.86. The highest BCUT2D eigenvalue weighted by Crippen LogP contribution is 2.42. The molecule has 1 saturated carbocycles. The van der Waals surface area contributed by atoms with Crippen molar-refractivity contribution in [2.75, 3.05) is 24.5 Å². The highest BCUT2D eigenvalue weighted by Gasteiger charge is 2.49. The van der Waals surface area contributed by atoms with Crippen LogP contribution in [-0.4, -0.2) is 47.1 Å². The minimum Gasteiger partial charge on any atom is -0.369 e. The van der Waals surface area contributed by atoms with E-state index >= 15 is 0 Å². The van der Waals surface area contributed by atoms with E-state index in [9.17, 15) is 9.59 Å². The fraction of sp³-hybridized carbons (Fsp3) is 0.565. The summed E-state index contributed by atoms with van der Waals surface area (Å²) in [6.07, 6.45) is 12.0. The Morgan fingerprint density at radius 3 is 2.66 bits per heavy atom. The minimum atomic E-state index is -0.544. The summed E-state index contributed by atoms with van der Waals surface area (Å²) in [6.45, 7) is 2.65. The molecule has 1 atom stereocenters. The third kappa shape index (κ3) is 4.04. The van der Waals surface area contributed by atoms with Crippen molar-refractivity contribution in [3.05, 3.63) is 35.9 Å². The van der Waals surface area contributed by atoms with Crippen LogP contribution in [0, 0.1) is 5.92 Å². The zero-order valence-corrected chi connectivity index (χ0v) is 17.0. The van der Waals surface area contributed by atoms with Gasteiger partial charge in [0, 0.05) is 37.3 Å². The van der Waals surface area contributed by atoms with Gasteiger partial charge in [0.1, 0.15) is 0 Å². The number of nitrogens with zero attached hydrogens (tertiary/aromatic N) is 2. The highest BCUT2D eigenvalue weighted by atomic mass is 16.5. The van der Waals surface area contributed by atoms with Crippen LogP contribution in [0.4, 0.5) is 5.69 Å². The van der Waals surface area contributed by atoms with E-state index in [1.807, 2.05) is 18.2 Å². The Morgan fingerprint density at radius 1 is 1.07 bits per heavy atom. The van der Waals surface area contributed by atoms with Crippen LogP contribution in [-0.2, 0) is 9.59 Å². The molecule has 4 rings (SSSR count). The molecule has 0 radical (unpaired) electrons. The summed E-state index contributed by atoms with van der Waals surface area (Å²) in [6, 6.07) is 7.99. The number of amides is 2. The molecule has 29 heavy (non-hydrogen) atoms. The monoisotopic (exact) mass is 397 g/mol. The molecule has 1 aliphatic carbocycles. The molecule has 2 aliphatic heterocycles. The number of hydrogen-bond donors (Lipinski definition) is 2. The number of nitrogens with one attached hydrogen (secondary N) is 1. The van der Waals surface area contributed by atoms with Gasteiger partial charge in [-0.2, -0.15) is 0 Å². The number of anilines is 1. The topological polar surface area (TPSA) is 72.9 Å². The van der Waals surface area contributed by atoms with E-state index in [0.717, 1.165) is 63.0 Å². The smallest absolute Gasteiger partial charge is 0.267 e. The van der Waals surface area contributed by atoms with E-state index in [4.69, 9.17) is 5.21 Å². The third-order valence-electron chi connectivity index (χ3n) is 6.95. The van der Waals surface area contributed by atoms with Gasteiger partial charge in [0.15, 0.2) is 0 Å². The van der Waals surface area contributed by atoms with E-state index in [0.29, 0.717) is 5.91 Å². The first-order chi connectivity index (χ1) is 14.1. The molecule has 2 heterocycles. The fourth-order valence-corrected chi connectivity index (χ4v) is 5.46. The minimum absolute atomic E-state index is 0.0478. The van der Waals surface area contributed by atoms with Gasteiger partial charge in [0.05, 0.1) is 5.54 Å². The SMILES string of the molecule is O=C(C=Cc1ccccc1N1CCC2(CCCN2C(=O)C2CCCCC2)C1)NO. The van der Waals surface area contributed by atoms with Crippen LogP contribution in [0.15, 0.2) is 30.3 Å². The van der Waals surface area contributed by atoms with Crippen LogP contribution in [0.2, 0.25) is 0 Å². The van der Waals surface area contributed by atoms with E-state index < -0.39 is 5.91 Å². The van der Waals surface area contributed by atoms with E-state index in [1.165, 1.54) is 25.3 Å². The van der Waals surface area contributed by atoms with Crippen molar-refractivity contribution in [3.63, 3.8) is 0 Å². The zero-order valence-electron chi connectivity index (χ0n) is 17.0. The molecule has 0 aromatic heterocycles. The Balaban J connectivity index is 1.52. The highest BCUT2D eigenvalue weighted by molar-refractivity contribution is 5.92. The van der Waals surface area contributed by atoms with Crippen molar-refractivity contribution in [3.8, 4) is 0 Å². The summed E-state index contributed by atoms with van der Waals surface area (Å²) >= 11 is 0. The summed E-state index contributed by atoms with van der Waals surface area (Å²) < 4.78 is 0. The standard InChI is InChI=1S/C23H31N3O3/c27-21(24-29)12-11-18-7-4-5-10-20(18)25-16-14-23(17-25)13-6-15-26(23)22(28)19-8-2-1-3-9-19/h4-5,7,10-12,19,29H,1-3,6,8-9,13-17H2,(H,24,27). The van der Waals surface area contributed by atoms with Crippen molar-refractivity contribution in [1.82, 2.24) is 10.4 Å². The first-order valence-electron chi connectivity index (χ1n) is 10.9. The summed E-state index contributed by atoms with van der Waals surface area (Å²) in [4.78, 5) is 29.3. The lowest BCUT2D eigenvalue weighted by molar-refractivity contribution is -0.140. The number of carbonyl (C=O) groups is 2. The van der Waals surface area contributed by atoms with Gasteiger partial charge in [-0.05, 0) is 49.8 Å². The van der Waals surface area contributed by atoms with E-state index in [-0.39, 0.29) is 11.5 Å². The second-order valence-electron chi connectivity index (χ2n) is 8.69. The zero-order chi connectivity index (χ0) is 20.3. The Morgan fingerprint density at radius 2 is 1.86 bits per heavy atom. The predicted molar refractivity (Wildman–Crippen MR) is 112 cm³/mol. The summed E-state index contributed by atoms with van der Waals surface area (Å²) in [5.74, 6) is 0.0644. The Kier molecular flexibility index (Phi) is 5.90. The van der Waals surface area contributed by atoms with Crippen molar-refractivity contribution in [2.24, 2.45) is 5.92 Å². The van der Waals surface area contributed by atoms with Gasteiger partial charge < -0.3 is 9.80 Å². The molecular formula is C23H31N3O3. The van der Waals surface area contributed by atoms with E-state index in [1.54, 1.807) is 11.6 Å². The van der Waals surface area contributed by atoms with Crippen molar-refractivity contribution in [2.45, 2.75) is 56.9 Å². The Hall–Kier alpha value is -2.34. The van der Waals surface area contributed by atoms with Crippen LogP contribution in [0.5, 0.6) is 0 Å². The molecule has 6 nitrogen and oxygen atoms in total. The molecular weight excluding hydrogens is 366 g/mol. The second-order valence-corrected chi connectivity index (χ2v) is 8.69. The van der Waals surface area contributed by atoms with Crippen molar-refractivity contribution >= 4 is 23.6 Å². The first kappa shape index (κ1) is 20.0. The number of hydroxylamine groups is 1. The molecule has 6 heteroatoms. The van der Waals surface area contributed by atoms with Gasteiger partial charge in [-0.3, -0.25) is 14.8 Å². The quantitative estimate of drug-likeness (QED) is 0.464. The number of hydrogen-bond acceptors (Lipinski definition) is 4. The normalized spacial score (nSPS) is 25.3. The molecule has 1 aromatic carbocycles. The first-order valence-corrected chi connectivity index (χ1v) is 10.9. The summed E-state index contributed by atoms with van der Waals surface area (Å²) in [5.41, 5.74) is 3.60. The van der Waals surface area contributed by atoms with Gasteiger partial charge in [0.2, 0.25) is 5.91 Å². The van der Waals surface area contributed by atoms with Crippen LogP contribution in [0.25, 0.3) is 6.08 Å². The predicted octanol–water partition coefficient (Wildman–Crippen LogP) is 3.36. The molecule has 1 unspecified atom stereocenters. The van der Waals surface area contributed by atoms with Crippen molar-refractivity contribution < 1.29 is 14.8 Å². The van der Waals surface area contributed by atoms with Crippen LogP contribution in [0.3, 0.4) is 0 Å². The summed E-state index contributed by atoms with van der Waals surface area (Å²) in [5, 5.41) is 8.72. The summed E-state index contributed by atoms with van der Waals surface area (Å²) in [7, 11) is 0. The maximum atomic E-state index is 13.3. The Labute approximate surface area is 172 Å². The van der Waals surface area contributed by atoms with Crippen LogP contribution in [0.1, 0.15) is 56.9 Å². The Bertz CT molecular complexity index is 787. The van der Waals surface area contributed by atoms with Gasteiger partial charge >= 0.3 is 0 Å². The number of rotatable bonds is 4. The van der Waals surface area contributed by atoms with Gasteiger partial charge in [-0.25, -0.2) is 5.48 Å². The second kappa shape index (κ2) is 8.57. The number of para-hydroxylation sites is 1. The molecule has 156 valence electrons. The van der Waals surface area contributed by atoms with Gasteiger partial charge in [-0.15, -0.1) is 0 Å². The molecule has 0 bridgehead atoms. The molecule has 2 N–H and O–H groups in total. The van der Waals surface area contributed by atoms with Crippen LogP contribution >= 0.6 is 0 Å².